The summed E-state index contributed by atoms with van der Waals surface area (Å²) in [4.78, 5) is 9.34. The lowest BCUT2D eigenvalue weighted by Crippen LogP contribution is -2.52. The van der Waals surface area contributed by atoms with Crippen molar-refractivity contribution < 1.29 is 4.74 Å². The normalized spacial score (nSPS) is 29.0. The molecule has 1 aromatic rings. The van der Waals surface area contributed by atoms with Crippen LogP contribution in [0.2, 0.25) is 5.02 Å². The quantitative estimate of drug-likeness (QED) is 0.607. The van der Waals surface area contributed by atoms with E-state index >= 15 is 0 Å². The number of anilines is 1. The van der Waals surface area contributed by atoms with E-state index in [1.807, 2.05) is 25.2 Å². The number of hydrogen-bond acceptors (Lipinski definition) is 4. The Hall–Kier alpha value is -1.50. The van der Waals surface area contributed by atoms with E-state index in [4.69, 9.17) is 16.3 Å². The molecule has 3 atom stereocenters. The molecule has 7 heteroatoms. The van der Waals surface area contributed by atoms with Crippen molar-refractivity contribution in [3.05, 3.63) is 29.3 Å². The number of nitrogens with one attached hydrogen (secondary N) is 2. The summed E-state index contributed by atoms with van der Waals surface area (Å²) in [5.74, 6) is 0.861. The van der Waals surface area contributed by atoms with Crippen molar-refractivity contribution in [3.8, 4) is 0 Å². The minimum atomic E-state index is 0.240. The van der Waals surface area contributed by atoms with E-state index in [1.54, 1.807) is 0 Å². The number of ether oxygens (including phenoxy) is 1. The van der Waals surface area contributed by atoms with Gasteiger partial charge in [-0.05, 0) is 44.0 Å². The first kappa shape index (κ1) is 18.8. The molecule has 0 saturated carbocycles. The zero-order valence-electron chi connectivity index (χ0n) is 16.0. The van der Waals surface area contributed by atoms with E-state index in [2.05, 4.69) is 31.5 Å². The van der Waals surface area contributed by atoms with Gasteiger partial charge >= 0.3 is 0 Å². The second-order valence-electron chi connectivity index (χ2n) is 7.76. The largest absolute Gasteiger partial charge is 0.373 e. The molecular weight excluding hydrogens is 362 g/mol. The van der Waals surface area contributed by atoms with Crippen LogP contribution in [0, 0.1) is 0 Å². The van der Waals surface area contributed by atoms with Crippen molar-refractivity contribution in [1.29, 1.82) is 0 Å². The van der Waals surface area contributed by atoms with Gasteiger partial charge in [-0.25, -0.2) is 0 Å². The molecule has 0 radical (unpaired) electrons. The Labute approximate surface area is 166 Å². The van der Waals surface area contributed by atoms with Crippen molar-refractivity contribution in [2.75, 3.05) is 51.3 Å². The Morgan fingerprint density at radius 3 is 3.07 bits per heavy atom. The Balaban J connectivity index is 1.23. The van der Waals surface area contributed by atoms with Gasteiger partial charge in [-0.15, -0.1) is 0 Å². The first-order valence-corrected chi connectivity index (χ1v) is 10.4. The zero-order chi connectivity index (χ0) is 18.6. The van der Waals surface area contributed by atoms with Gasteiger partial charge in [-0.1, -0.05) is 17.7 Å². The van der Waals surface area contributed by atoms with E-state index in [1.165, 1.54) is 25.1 Å². The smallest absolute Gasteiger partial charge is 0.191 e. The van der Waals surface area contributed by atoms with Crippen LogP contribution >= 0.6 is 11.6 Å². The van der Waals surface area contributed by atoms with Crippen molar-refractivity contribution in [2.24, 2.45) is 4.99 Å². The summed E-state index contributed by atoms with van der Waals surface area (Å²) in [7, 11) is 1.83. The molecule has 0 aliphatic carbocycles. The molecule has 27 heavy (non-hydrogen) atoms. The van der Waals surface area contributed by atoms with Gasteiger partial charge in [0.15, 0.2) is 5.96 Å². The van der Waals surface area contributed by atoms with Gasteiger partial charge in [-0.3, -0.25) is 9.89 Å². The molecule has 2 N–H and O–H groups in total. The predicted octanol–water partition coefficient (Wildman–Crippen LogP) is 1.95. The highest BCUT2D eigenvalue weighted by molar-refractivity contribution is 6.30. The maximum atomic E-state index is 6.13. The highest BCUT2D eigenvalue weighted by Crippen LogP contribution is 2.24. The summed E-state index contributed by atoms with van der Waals surface area (Å²) in [6, 6.07) is 9.10. The van der Waals surface area contributed by atoms with E-state index < -0.39 is 0 Å². The number of aliphatic imine (C=N–C) groups is 1. The molecule has 3 heterocycles. The molecule has 148 valence electrons. The monoisotopic (exact) mass is 391 g/mol. The molecule has 1 aromatic carbocycles. The van der Waals surface area contributed by atoms with Crippen LogP contribution in [0.25, 0.3) is 0 Å². The lowest BCUT2D eigenvalue weighted by Gasteiger charge is -2.35. The standard InChI is InChI=1S/C20H30ClN5O/c1-22-20(23-11-19-13-25-8-3-6-18(25)14-27-19)24-16-7-9-26(12-16)17-5-2-4-15(21)10-17/h2,4-5,10,16,18-19H,3,6-9,11-14H2,1H3,(H2,22,23,24). The highest BCUT2D eigenvalue weighted by Gasteiger charge is 2.32. The number of rotatable bonds is 4. The van der Waals surface area contributed by atoms with Gasteiger partial charge in [0.05, 0.1) is 12.7 Å². The summed E-state index contributed by atoms with van der Waals surface area (Å²) < 4.78 is 6.04. The lowest BCUT2D eigenvalue weighted by molar-refractivity contribution is -0.0453. The fraction of sp³-hybridized carbons (Fsp3) is 0.650. The zero-order valence-corrected chi connectivity index (χ0v) is 16.8. The summed E-state index contributed by atoms with van der Waals surface area (Å²) in [6.07, 6.45) is 3.92. The van der Waals surface area contributed by atoms with Crippen LogP contribution < -0.4 is 15.5 Å². The third-order valence-corrected chi connectivity index (χ3v) is 6.12. The number of benzene rings is 1. The van der Waals surface area contributed by atoms with Gasteiger partial charge in [0, 0.05) is 56.0 Å². The molecule has 3 fully saturated rings. The molecule has 3 saturated heterocycles. The highest BCUT2D eigenvalue weighted by atomic mass is 35.5. The number of halogens is 1. The first-order chi connectivity index (χ1) is 13.2. The minimum Gasteiger partial charge on any atom is -0.373 e. The first-order valence-electron chi connectivity index (χ1n) is 10.0. The van der Waals surface area contributed by atoms with Crippen LogP contribution in [0.5, 0.6) is 0 Å². The molecule has 6 nitrogen and oxygen atoms in total. The topological polar surface area (TPSA) is 52.1 Å². The van der Waals surface area contributed by atoms with Crippen LogP contribution in [-0.4, -0.2) is 75.4 Å². The molecule has 0 amide bonds. The molecule has 3 aliphatic heterocycles. The van der Waals surface area contributed by atoms with Crippen LogP contribution in [0.1, 0.15) is 19.3 Å². The van der Waals surface area contributed by atoms with Crippen molar-refractivity contribution in [3.63, 3.8) is 0 Å². The van der Waals surface area contributed by atoms with Gasteiger partial charge in [-0.2, -0.15) is 0 Å². The van der Waals surface area contributed by atoms with E-state index in [0.717, 1.165) is 50.2 Å². The summed E-state index contributed by atoms with van der Waals surface area (Å²) in [5.41, 5.74) is 1.19. The average molecular weight is 392 g/mol. The van der Waals surface area contributed by atoms with Crippen LogP contribution in [0.15, 0.2) is 29.3 Å². The van der Waals surface area contributed by atoms with Crippen LogP contribution in [0.3, 0.4) is 0 Å². The second-order valence-corrected chi connectivity index (χ2v) is 8.19. The fourth-order valence-electron chi connectivity index (χ4n) is 4.39. The van der Waals surface area contributed by atoms with Gasteiger partial charge in [0.1, 0.15) is 0 Å². The predicted molar refractivity (Wildman–Crippen MR) is 111 cm³/mol. The van der Waals surface area contributed by atoms with E-state index in [0.29, 0.717) is 12.1 Å². The summed E-state index contributed by atoms with van der Waals surface area (Å²) in [5, 5.41) is 7.80. The van der Waals surface area contributed by atoms with Crippen molar-refractivity contribution in [1.82, 2.24) is 15.5 Å². The number of hydrogen-bond donors (Lipinski definition) is 2. The molecule has 0 aromatic heterocycles. The van der Waals surface area contributed by atoms with Gasteiger partial charge in [0.2, 0.25) is 0 Å². The third-order valence-electron chi connectivity index (χ3n) is 5.88. The fourth-order valence-corrected chi connectivity index (χ4v) is 4.58. The Kier molecular flexibility index (Phi) is 6.05. The Bertz CT molecular complexity index is 670. The molecule has 3 aliphatic rings. The number of fused-ring (bicyclic) bond motifs is 1. The molecule has 4 rings (SSSR count). The maximum absolute atomic E-state index is 6.13. The summed E-state index contributed by atoms with van der Waals surface area (Å²) >= 11 is 6.13. The second kappa shape index (κ2) is 8.67. The van der Waals surface area contributed by atoms with Crippen LogP contribution in [0.4, 0.5) is 5.69 Å². The van der Waals surface area contributed by atoms with Crippen molar-refractivity contribution >= 4 is 23.2 Å². The van der Waals surface area contributed by atoms with Crippen LogP contribution in [-0.2, 0) is 4.74 Å². The van der Waals surface area contributed by atoms with Gasteiger partial charge in [0.25, 0.3) is 0 Å². The van der Waals surface area contributed by atoms with Gasteiger partial charge < -0.3 is 20.3 Å². The third kappa shape index (κ3) is 4.68. The lowest BCUT2D eigenvalue weighted by atomic mass is 10.2. The summed E-state index contributed by atoms with van der Waals surface area (Å²) in [6.45, 7) is 5.90. The molecular formula is C20H30ClN5O. The van der Waals surface area contributed by atoms with E-state index in [9.17, 15) is 0 Å². The molecule has 0 bridgehead atoms. The SMILES string of the molecule is CN=C(NCC1CN2CCCC2CO1)NC1CCN(c2cccc(Cl)c2)C1. The number of nitrogens with zero attached hydrogens (tertiary/aromatic N) is 3. The minimum absolute atomic E-state index is 0.240. The number of guanidine groups is 1. The number of morpholine rings is 1. The average Bonchev–Trinajstić information content (AvgIpc) is 3.34. The van der Waals surface area contributed by atoms with E-state index in [-0.39, 0.29) is 6.10 Å². The van der Waals surface area contributed by atoms with Crippen molar-refractivity contribution in [2.45, 2.75) is 37.5 Å². The Morgan fingerprint density at radius 2 is 2.22 bits per heavy atom. The Morgan fingerprint density at radius 1 is 1.30 bits per heavy atom. The molecule has 3 unspecified atom stereocenters. The molecule has 0 spiro atoms. The maximum Gasteiger partial charge on any atom is 0.191 e.